The highest BCUT2D eigenvalue weighted by molar-refractivity contribution is 5.27. The summed E-state index contributed by atoms with van der Waals surface area (Å²) in [6.45, 7) is 1.52. The van der Waals surface area contributed by atoms with Crippen LogP contribution in [-0.4, -0.2) is 24.4 Å². The number of fused-ring (bicyclic) bond motifs is 1. The van der Waals surface area contributed by atoms with Gasteiger partial charge in [-0.25, -0.2) is 0 Å². The number of aliphatic hydroxyl groups excluding tert-OH is 1. The molecular formula is C39H44O2. The van der Waals surface area contributed by atoms with Crippen LogP contribution in [0.1, 0.15) is 47.9 Å². The Morgan fingerprint density at radius 3 is 1.22 bits per heavy atom. The number of aryl methyl sites for hydroxylation is 2. The first-order valence-electron chi connectivity index (χ1n) is 15.6. The lowest BCUT2D eigenvalue weighted by Gasteiger charge is -2.43. The van der Waals surface area contributed by atoms with E-state index in [1.165, 1.54) is 22.3 Å². The number of rotatable bonds is 12. The van der Waals surface area contributed by atoms with Crippen molar-refractivity contribution in [2.24, 2.45) is 22.7 Å². The van der Waals surface area contributed by atoms with Crippen molar-refractivity contribution >= 4 is 0 Å². The fourth-order valence-corrected chi connectivity index (χ4v) is 8.43. The van der Waals surface area contributed by atoms with Gasteiger partial charge < -0.3 is 9.84 Å². The van der Waals surface area contributed by atoms with Crippen molar-refractivity contribution < 1.29 is 9.84 Å². The summed E-state index contributed by atoms with van der Waals surface area (Å²) in [5.41, 5.74) is 5.01. The summed E-state index contributed by atoms with van der Waals surface area (Å²) in [5.74, 6) is 0.711. The maximum absolute atomic E-state index is 12.9. The van der Waals surface area contributed by atoms with Crippen molar-refractivity contribution in [2.75, 3.05) is 13.2 Å². The Morgan fingerprint density at radius 1 is 0.512 bits per heavy atom. The van der Waals surface area contributed by atoms with Crippen LogP contribution in [0.15, 0.2) is 121 Å². The van der Waals surface area contributed by atoms with E-state index in [4.69, 9.17) is 4.74 Å². The molecular weight excluding hydrogens is 500 g/mol. The summed E-state index contributed by atoms with van der Waals surface area (Å²) in [4.78, 5) is 0. The Labute approximate surface area is 246 Å². The van der Waals surface area contributed by atoms with Crippen LogP contribution in [0.4, 0.5) is 0 Å². The number of aliphatic hydroxyl groups is 1. The topological polar surface area (TPSA) is 29.5 Å². The van der Waals surface area contributed by atoms with E-state index < -0.39 is 0 Å². The minimum Gasteiger partial charge on any atom is -0.392 e. The Bertz CT molecular complexity index is 1230. The predicted octanol–water partition coefficient (Wildman–Crippen LogP) is 8.13. The lowest BCUT2D eigenvalue weighted by Crippen LogP contribution is -2.46. The van der Waals surface area contributed by atoms with E-state index in [1.807, 2.05) is 0 Å². The molecule has 4 aromatic rings. The summed E-state index contributed by atoms with van der Waals surface area (Å²) in [6.07, 6.45) is 7.68. The fourth-order valence-electron chi connectivity index (χ4n) is 8.43. The number of benzene rings is 4. The van der Waals surface area contributed by atoms with Gasteiger partial charge in [-0.15, -0.1) is 0 Å². The van der Waals surface area contributed by atoms with Gasteiger partial charge in [-0.3, -0.25) is 0 Å². The van der Waals surface area contributed by atoms with Crippen molar-refractivity contribution in [3.63, 3.8) is 0 Å². The first-order chi connectivity index (χ1) is 20.2. The average Bonchev–Trinajstić information content (AvgIpc) is 3.58. The highest BCUT2D eigenvalue weighted by atomic mass is 16.5. The molecule has 4 aromatic carbocycles. The van der Waals surface area contributed by atoms with E-state index in [1.54, 1.807) is 0 Å². The highest BCUT2D eigenvalue weighted by Crippen LogP contribution is 2.65. The molecule has 2 nitrogen and oxygen atoms in total. The van der Waals surface area contributed by atoms with Gasteiger partial charge >= 0.3 is 0 Å². The molecule has 1 saturated carbocycles. The quantitative estimate of drug-likeness (QED) is 0.195. The largest absolute Gasteiger partial charge is 0.392 e. The molecule has 41 heavy (non-hydrogen) atoms. The number of hydrogen-bond acceptors (Lipinski definition) is 2. The SMILES string of the molecule is OC1[C@@](CCCc2ccccc2)(Cc2ccccc2)C2COCC2[C@]1(CCCc1ccccc1)Cc1ccccc1. The van der Waals surface area contributed by atoms with E-state index in [-0.39, 0.29) is 16.9 Å². The first kappa shape index (κ1) is 27.9. The molecule has 0 amide bonds. The normalized spacial score (nSPS) is 27.1. The average molecular weight is 545 g/mol. The Kier molecular flexibility index (Phi) is 8.70. The molecule has 6 rings (SSSR count). The van der Waals surface area contributed by atoms with Gasteiger partial charge in [0.2, 0.25) is 0 Å². The molecule has 2 fully saturated rings. The number of ether oxygens (including phenoxy) is 1. The predicted molar refractivity (Wildman–Crippen MR) is 168 cm³/mol. The summed E-state index contributed by atoms with van der Waals surface area (Å²) in [6, 6.07) is 43.5. The van der Waals surface area contributed by atoms with Gasteiger partial charge in [0.15, 0.2) is 0 Å². The third-order valence-electron chi connectivity index (χ3n) is 10.3. The van der Waals surface area contributed by atoms with Crippen molar-refractivity contribution in [1.29, 1.82) is 0 Å². The van der Waals surface area contributed by atoms with Gasteiger partial charge in [0.05, 0.1) is 19.3 Å². The molecule has 2 heteroatoms. The molecule has 1 saturated heterocycles. The van der Waals surface area contributed by atoms with Crippen LogP contribution in [0.25, 0.3) is 0 Å². The first-order valence-corrected chi connectivity index (χ1v) is 15.6. The molecule has 1 N–H and O–H groups in total. The van der Waals surface area contributed by atoms with Crippen LogP contribution >= 0.6 is 0 Å². The zero-order valence-electron chi connectivity index (χ0n) is 24.2. The minimum atomic E-state index is -0.388. The summed E-state index contributed by atoms with van der Waals surface area (Å²) < 4.78 is 6.36. The van der Waals surface area contributed by atoms with E-state index in [0.717, 1.165) is 64.6 Å². The van der Waals surface area contributed by atoms with Crippen molar-refractivity contribution in [2.45, 2.75) is 57.5 Å². The van der Waals surface area contributed by atoms with Gasteiger partial charge in [0.1, 0.15) is 0 Å². The molecule has 0 spiro atoms. The van der Waals surface area contributed by atoms with Crippen molar-refractivity contribution in [3.8, 4) is 0 Å². The van der Waals surface area contributed by atoms with Crippen molar-refractivity contribution in [3.05, 3.63) is 144 Å². The summed E-state index contributed by atoms with van der Waals surface area (Å²) in [5, 5.41) is 12.9. The van der Waals surface area contributed by atoms with Gasteiger partial charge in [0.25, 0.3) is 0 Å². The molecule has 1 aliphatic heterocycles. The number of hydrogen-bond donors (Lipinski definition) is 1. The lowest BCUT2D eigenvalue weighted by atomic mass is 9.65. The summed E-state index contributed by atoms with van der Waals surface area (Å²) in [7, 11) is 0. The second-order valence-electron chi connectivity index (χ2n) is 12.6. The van der Waals surface area contributed by atoms with Crippen LogP contribution in [0.2, 0.25) is 0 Å². The Balaban J connectivity index is 1.36. The second-order valence-corrected chi connectivity index (χ2v) is 12.6. The minimum absolute atomic E-state index is 0.209. The maximum Gasteiger partial charge on any atom is 0.0666 e. The zero-order valence-corrected chi connectivity index (χ0v) is 24.2. The van der Waals surface area contributed by atoms with E-state index in [9.17, 15) is 5.11 Å². The Hall–Kier alpha value is -3.20. The van der Waals surface area contributed by atoms with Gasteiger partial charge in [-0.2, -0.15) is 0 Å². The molecule has 1 heterocycles. The third kappa shape index (κ3) is 5.92. The molecule has 0 radical (unpaired) electrons. The van der Waals surface area contributed by atoms with Crippen LogP contribution in [0, 0.1) is 22.7 Å². The van der Waals surface area contributed by atoms with Crippen LogP contribution in [0.5, 0.6) is 0 Å². The second kappa shape index (κ2) is 12.8. The third-order valence-corrected chi connectivity index (χ3v) is 10.3. The van der Waals surface area contributed by atoms with E-state index in [0.29, 0.717) is 11.8 Å². The molecule has 2 aliphatic rings. The van der Waals surface area contributed by atoms with Crippen LogP contribution in [-0.2, 0) is 30.4 Å². The molecule has 2 unspecified atom stereocenters. The van der Waals surface area contributed by atoms with E-state index in [2.05, 4.69) is 121 Å². The van der Waals surface area contributed by atoms with Gasteiger partial charge in [0, 0.05) is 10.8 Å². The Morgan fingerprint density at radius 2 is 0.854 bits per heavy atom. The van der Waals surface area contributed by atoms with E-state index >= 15 is 0 Å². The lowest BCUT2D eigenvalue weighted by molar-refractivity contribution is -0.0672. The van der Waals surface area contributed by atoms with Gasteiger partial charge in [-0.1, -0.05) is 121 Å². The zero-order chi connectivity index (χ0) is 28.0. The van der Waals surface area contributed by atoms with Crippen LogP contribution in [0.3, 0.4) is 0 Å². The highest BCUT2D eigenvalue weighted by Gasteiger charge is 2.67. The van der Waals surface area contributed by atoms with Gasteiger partial charge in [-0.05, 0) is 85.5 Å². The molecule has 0 bridgehead atoms. The smallest absolute Gasteiger partial charge is 0.0666 e. The standard InChI is InChI=1S/C39H44O2/c40-37-38(27-33-19-9-3-10-20-33,25-13-23-31-15-5-1-6-16-31)35-29-41-30-36(35)39(37,28-34-21-11-4-12-22-34)26-14-24-32-17-7-2-8-18-32/h1-12,15-22,35-37,40H,13-14,23-30H2/t35?,36?,37?,38-,39-/m0/s1. The fraction of sp³-hybridized carbons (Fsp3) is 0.385. The monoisotopic (exact) mass is 544 g/mol. The molecule has 212 valence electrons. The molecule has 0 aromatic heterocycles. The molecule has 4 atom stereocenters. The summed E-state index contributed by atoms with van der Waals surface area (Å²) >= 11 is 0. The van der Waals surface area contributed by atoms with Crippen molar-refractivity contribution in [1.82, 2.24) is 0 Å². The van der Waals surface area contributed by atoms with Crippen LogP contribution < -0.4 is 0 Å². The maximum atomic E-state index is 12.9. The molecule has 1 aliphatic carbocycles.